The fraction of sp³-hybridized carbons (Fsp3) is 0.500. The number of nitrogens with one attached hydrogen (secondary N) is 1. The van der Waals surface area contributed by atoms with E-state index in [2.05, 4.69) is 4.98 Å². The highest BCUT2D eigenvalue weighted by Crippen LogP contribution is 2.24. The second-order valence-corrected chi connectivity index (χ2v) is 8.62. The Labute approximate surface area is 148 Å². The third-order valence-electron chi connectivity index (χ3n) is 4.70. The van der Waals surface area contributed by atoms with E-state index in [0.29, 0.717) is 44.6 Å². The lowest BCUT2D eigenvalue weighted by atomic mass is 10.1. The molecule has 7 heteroatoms. The lowest BCUT2D eigenvalue weighted by Gasteiger charge is -2.22. The molecule has 2 heterocycles. The van der Waals surface area contributed by atoms with Crippen LogP contribution in [0.4, 0.5) is 0 Å². The molecule has 1 aromatic carbocycles. The van der Waals surface area contributed by atoms with Crippen LogP contribution in [0.3, 0.4) is 0 Å². The van der Waals surface area contributed by atoms with Crippen molar-refractivity contribution in [1.82, 2.24) is 14.2 Å². The Morgan fingerprint density at radius 1 is 1.16 bits per heavy atom. The van der Waals surface area contributed by atoms with Gasteiger partial charge in [0.1, 0.15) is 0 Å². The van der Waals surface area contributed by atoms with Gasteiger partial charge >= 0.3 is 0 Å². The number of rotatable bonds is 4. The predicted molar refractivity (Wildman–Crippen MR) is 99.2 cm³/mol. The van der Waals surface area contributed by atoms with Crippen molar-refractivity contribution in [3.05, 3.63) is 35.5 Å². The number of amides is 1. The van der Waals surface area contributed by atoms with Crippen molar-refractivity contribution in [3.8, 4) is 0 Å². The van der Waals surface area contributed by atoms with E-state index in [4.69, 9.17) is 0 Å². The average molecular weight is 363 g/mol. The van der Waals surface area contributed by atoms with Gasteiger partial charge in [-0.25, -0.2) is 12.7 Å². The van der Waals surface area contributed by atoms with Crippen molar-refractivity contribution < 1.29 is 13.2 Å². The minimum atomic E-state index is -3.21. The fourth-order valence-corrected chi connectivity index (χ4v) is 5.01. The smallest absolute Gasteiger partial charge is 0.256 e. The molecular formula is C18H25N3O3S. The summed E-state index contributed by atoms with van der Waals surface area (Å²) >= 11 is 0. The van der Waals surface area contributed by atoms with Crippen LogP contribution in [-0.2, 0) is 10.0 Å². The van der Waals surface area contributed by atoms with Gasteiger partial charge in [0.2, 0.25) is 10.0 Å². The van der Waals surface area contributed by atoms with Crippen molar-refractivity contribution in [3.63, 3.8) is 0 Å². The zero-order valence-corrected chi connectivity index (χ0v) is 15.6. The highest BCUT2D eigenvalue weighted by Gasteiger charge is 2.28. The summed E-state index contributed by atoms with van der Waals surface area (Å²) < 4.78 is 26.1. The number of aryl methyl sites for hydroxylation is 1. The van der Waals surface area contributed by atoms with E-state index in [1.807, 2.05) is 38.1 Å². The molecule has 3 rings (SSSR count). The maximum absolute atomic E-state index is 13.1. The number of H-pyrrole nitrogens is 1. The predicted octanol–water partition coefficient (Wildman–Crippen LogP) is 2.36. The zero-order valence-electron chi connectivity index (χ0n) is 14.8. The van der Waals surface area contributed by atoms with Gasteiger partial charge in [-0.2, -0.15) is 0 Å². The third kappa shape index (κ3) is 3.57. The molecule has 1 aliphatic rings. The quantitative estimate of drug-likeness (QED) is 0.906. The van der Waals surface area contributed by atoms with Crippen LogP contribution in [0.5, 0.6) is 0 Å². The number of aromatic amines is 1. The number of sulfonamides is 1. The van der Waals surface area contributed by atoms with Crippen LogP contribution in [0.2, 0.25) is 0 Å². The Balaban J connectivity index is 1.81. The molecule has 0 radical (unpaired) electrons. The Hall–Kier alpha value is -1.86. The van der Waals surface area contributed by atoms with Gasteiger partial charge in [0.25, 0.3) is 5.91 Å². The molecule has 1 fully saturated rings. The molecule has 0 spiro atoms. The van der Waals surface area contributed by atoms with E-state index in [1.165, 1.54) is 4.31 Å². The molecule has 0 bridgehead atoms. The first-order valence-electron chi connectivity index (χ1n) is 8.78. The van der Waals surface area contributed by atoms with Crippen molar-refractivity contribution >= 4 is 26.8 Å². The number of hydrogen-bond acceptors (Lipinski definition) is 3. The first kappa shape index (κ1) is 17.9. The van der Waals surface area contributed by atoms with E-state index >= 15 is 0 Å². The summed E-state index contributed by atoms with van der Waals surface area (Å²) in [4.78, 5) is 18.1. The van der Waals surface area contributed by atoms with Crippen LogP contribution < -0.4 is 0 Å². The molecule has 0 atom stereocenters. The molecule has 1 aliphatic heterocycles. The normalized spacial score (nSPS) is 17.0. The summed E-state index contributed by atoms with van der Waals surface area (Å²) in [6.45, 7) is 5.64. The van der Waals surface area contributed by atoms with E-state index in [1.54, 1.807) is 4.90 Å². The van der Waals surface area contributed by atoms with Crippen LogP contribution in [0.15, 0.2) is 24.3 Å². The summed E-state index contributed by atoms with van der Waals surface area (Å²) in [7, 11) is -3.21. The number of carbonyl (C=O) groups excluding carboxylic acids is 1. The third-order valence-corrected chi connectivity index (χ3v) is 6.78. The Bertz CT molecular complexity index is 873. The first-order chi connectivity index (χ1) is 11.9. The van der Waals surface area contributed by atoms with Crippen LogP contribution in [0, 0.1) is 6.92 Å². The lowest BCUT2D eigenvalue weighted by molar-refractivity contribution is 0.0765. The molecule has 25 heavy (non-hydrogen) atoms. The number of carbonyl (C=O) groups is 1. The van der Waals surface area contributed by atoms with Gasteiger partial charge in [-0.15, -0.1) is 0 Å². The van der Waals surface area contributed by atoms with Gasteiger partial charge in [-0.3, -0.25) is 4.79 Å². The number of hydrogen-bond donors (Lipinski definition) is 1. The second-order valence-electron chi connectivity index (χ2n) is 6.53. The minimum absolute atomic E-state index is 0.0234. The first-order valence-corrected chi connectivity index (χ1v) is 10.4. The molecule has 136 valence electrons. The molecule has 6 nitrogen and oxygen atoms in total. The summed E-state index contributed by atoms with van der Waals surface area (Å²) in [5.41, 5.74) is 2.50. The van der Waals surface area contributed by atoms with E-state index < -0.39 is 10.0 Å². The number of aromatic nitrogens is 1. The number of nitrogens with zero attached hydrogens (tertiary/aromatic N) is 2. The molecule has 1 amide bonds. The molecule has 0 saturated carbocycles. The van der Waals surface area contributed by atoms with Crippen molar-refractivity contribution in [2.45, 2.75) is 26.7 Å². The molecule has 0 unspecified atom stereocenters. The number of fused-ring (bicyclic) bond motifs is 1. The van der Waals surface area contributed by atoms with E-state index in [9.17, 15) is 13.2 Å². The Kier molecular flexibility index (Phi) is 5.15. The van der Waals surface area contributed by atoms with Gasteiger partial charge in [0.05, 0.1) is 11.3 Å². The molecule has 1 saturated heterocycles. The van der Waals surface area contributed by atoms with E-state index in [0.717, 1.165) is 16.6 Å². The standard InChI is InChI=1S/C18H25N3O3S/c1-3-13-25(23,24)21-10-6-9-20(11-12-21)18(22)17-14(2)19-16-8-5-4-7-15(16)17/h4-5,7-8,19H,3,6,9-13H2,1-2H3. The maximum Gasteiger partial charge on any atom is 0.256 e. The summed E-state index contributed by atoms with van der Waals surface area (Å²) in [5, 5.41) is 0.921. The number of benzene rings is 1. The Morgan fingerprint density at radius 2 is 1.92 bits per heavy atom. The van der Waals surface area contributed by atoms with Crippen molar-refractivity contribution in [2.75, 3.05) is 31.9 Å². The second kappa shape index (κ2) is 7.17. The summed E-state index contributed by atoms with van der Waals surface area (Å²) in [5.74, 6) is 0.146. The molecule has 1 N–H and O–H groups in total. The average Bonchev–Trinajstić information content (AvgIpc) is 2.74. The highest BCUT2D eigenvalue weighted by molar-refractivity contribution is 7.89. The summed E-state index contributed by atoms with van der Waals surface area (Å²) in [6, 6.07) is 7.77. The van der Waals surface area contributed by atoms with Crippen LogP contribution in [0.25, 0.3) is 10.9 Å². The Morgan fingerprint density at radius 3 is 2.68 bits per heavy atom. The van der Waals surface area contributed by atoms with Gasteiger partial charge < -0.3 is 9.88 Å². The minimum Gasteiger partial charge on any atom is -0.358 e. The van der Waals surface area contributed by atoms with Crippen molar-refractivity contribution in [2.24, 2.45) is 0 Å². The van der Waals surface area contributed by atoms with Crippen LogP contribution in [0.1, 0.15) is 35.8 Å². The number of para-hydroxylation sites is 1. The van der Waals surface area contributed by atoms with Gasteiger partial charge in [0, 0.05) is 42.8 Å². The molecule has 1 aromatic heterocycles. The fourth-order valence-electron chi connectivity index (χ4n) is 3.47. The van der Waals surface area contributed by atoms with Gasteiger partial charge in [0.15, 0.2) is 0 Å². The SMILES string of the molecule is CCCS(=O)(=O)N1CCCN(C(=O)c2c(C)[nH]c3ccccc23)CC1. The lowest BCUT2D eigenvalue weighted by Crippen LogP contribution is -2.38. The molecular weight excluding hydrogens is 338 g/mol. The van der Waals surface area contributed by atoms with Gasteiger partial charge in [-0.1, -0.05) is 25.1 Å². The van der Waals surface area contributed by atoms with Crippen LogP contribution >= 0.6 is 0 Å². The molecule has 0 aliphatic carbocycles. The van der Waals surface area contributed by atoms with E-state index in [-0.39, 0.29) is 11.7 Å². The zero-order chi connectivity index (χ0) is 18.0. The largest absolute Gasteiger partial charge is 0.358 e. The highest BCUT2D eigenvalue weighted by atomic mass is 32.2. The topological polar surface area (TPSA) is 73.5 Å². The molecule has 2 aromatic rings. The maximum atomic E-state index is 13.1. The monoisotopic (exact) mass is 363 g/mol. The summed E-state index contributed by atoms with van der Waals surface area (Å²) in [6.07, 6.45) is 1.27. The van der Waals surface area contributed by atoms with Gasteiger partial charge in [-0.05, 0) is 25.8 Å². The van der Waals surface area contributed by atoms with Crippen molar-refractivity contribution in [1.29, 1.82) is 0 Å². The van der Waals surface area contributed by atoms with Crippen LogP contribution in [-0.4, -0.2) is 60.4 Å².